The van der Waals surface area contributed by atoms with Crippen LogP contribution >= 0.6 is 34.5 Å². The van der Waals surface area contributed by atoms with E-state index in [0.29, 0.717) is 46.0 Å². The largest absolute Gasteiger partial charge is 0.490 e. The quantitative estimate of drug-likeness (QED) is 0.477. The molecular formula is C22H27Cl2N5O5S2. The average Bonchev–Trinajstić information content (AvgIpc) is 3.31. The summed E-state index contributed by atoms with van der Waals surface area (Å²) >= 11 is 12.7. The molecule has 4 rings (SSSR count). The van der Waals surface area contributed by atoms with Crippen molar-refractivity contribution in [1.82, 2.24) is 19.8 Å². The number of carbonyl (C=O) groups is 2. The van der Waals surface area contributed by atoms with E-state index in [1.165, 1.54) is 6.92 Å². The van der Waals surface area contributed by atoms with Gasteiger partial charge in [-0.3, -0.25) is 9.59 Å². The van der Waals surface area contributed by atoms with Gasteiger partial charge in [-0.1, -0.05) is 34.5 Å². The summed E-state index contributed by atoms with van der Waals surface area (Å²) in [6.45, 7) is 3.08. The fourth-order valence-corrected chi connectivity index (χ4v) is 6.86. The van der Waals surface area contributed by atoms with Crippen LogP contribution in [0.25, 0.3) is 0 Å². The molecule has 2 amide bonds. The number of nitrogens with one attached hydrogen (secondary N) is 2. The van der Waals surface area contributed by atoms with Crippen molar-refractivity contribution in [1.29, 1.82) is 0 Å². The van der Waals surface area contributed by atoms with Crippen molar-refractivity contribution < 1.29 is 22.7 Å². The first-order valence-electron chi connectivity index (χ1n) is 11.6. The monoisotopic (exact) mass is 575 g/mol. The molecule has 196 valence electrons. The highest BCUT2D eigenvalue weighted by atomic mass is 35.5. The lowest BCUT2D eigenvalue weighted by atomic mass is 9.84. The zero-order valence-electron chi connectivity index (χ0n) is 19.6. The summed E-state index contributed by atoms with van der Waals surface area (Å²) in [7, 11) is -4.14. The fraction of sp³-hybridized carbons (Fsp3) is 0.545. The highest BCUT2D eigenvalue weighted by molar-refractivity contribution is 7.92. The molecule has 0 bridgehead atoms. The smallest absolute Gasteiger partial charge is 0.293 e. The number of amides is 2. The zero-order valence-corrected chi connectivity index (χ0v) is 22.7. The third kappa shape index (κ3) is 6.86. The van der Waals surface area contributed by atoms with Crippen LogP contribution in [0.1, 0.15) is 45.4 Å². The van der Waals surface area contributed by atoms with E-state index in [4.69, 9.17) is 27.9 Å². The van der Waals surface area contributed by atoms with E-state index in [2.05, 4.69) is 25.1 Å². The van der Waals surface area contributed by atoms with Gasteiger partial charge in [0.15, 0.2) is 0 Å². The van der Waals surface area contributed by atoms with Crippen LogP contribution in [0, 0.1) is 5.92 Å². The molecule has 1 aromatic heterocycles. The molecular weight excluding hydrogens is 549 g/mol. The number of hydrogen-bond acceptors (Lipinski definition) is 9. The molecule has 2 heterocycles. The van der Waals surface area contributed by atoms with Crippen molar-refractivity contribution in [3.63, 3.8) is 0 Å². The van der Waals surface area contributed by atoms with Crippen molar-refractivity contribution in [2.75, 3.05) is 18.4 Å². The van der Waals surface area contributed by atoms with Crippen LogP contribution in [0.3, 0.4) is 0 Å². The predicted octanol–water partition coefficient (Wildman–Crippen LogP) is 3.71. The Morgan fingerprint density at radius 3 is 2.39 bits per heavy atom. The Morgan fingerprint density at radius 2 is 1.75 bits per heavy atom. The number of anilines is 1. The molecule has 1 aromatic carbocycles. The molecule has 0 radical (unpaired) electrons. The SMILES string of the molecule is CC(=O)Nc1nnc(S(=O)(=O)NC(=O)[C@H]2CC[C@H](N3CCC(Oc4ccc(Cl)c(Cl)c4)CC3)CC2)s1. The molecule has 0 atom stereocenters. The molecule has 14 heteroatoms. The Hall–Kier alpha value is -1.99. The number of hydrogen-bond donors (Lipinski definition) is 2. The minimum atomic E-state index is -4.14. The second kappa shape index (κ2) is 11.6. The van der Waals surface area contributed by atoms with Gasteiger partial charge in [-0.15, -0.1) is 10.2 Å². The summed E-state index contributed by atoms with van der Waals surface area (Å²) < 4.78 is 32.9. The highest BCUT2D eigenvalue weighted by Gasteiger charge is 2.34. The number of aromatic nitrogens is 2. The average molecular weight is 577 g/mol. The molecule has 1 aliphatic carbocycles. The fourth-order valence-electron chi connectivity index (χ4n) is 4.58. The standard InChI is InChI=1S/C22H27Cl2N5O5S2/c1-13(30)25-21-26-27-22(35-21)36(32,33)28-20(31)14-2-4-15(5-3-14)29-10-8-16(9-11-29)34-17-6-7-18(23)19(24)12-17/h6-7,12,14-16H,2-5,8-11H2,1H3,(H,28,31)(H,25,26,30)/t14-,15-. The van der Waals surface area contributed by atoms with Gasteiger partial charge >= 0.3 is 0 Å². The van der Waals surface area contributed by atoms with E-state index in [1.807, 2.05) is 6.07 Å². The first-order valence-corrected chi connectivity index (χ1v) is 14.7. The van der Waals surface area contributed by atoms with Gasteiger partial charge in [0.1, 0.15) is 11.9 Å². The van der Waals surface area contributed by atoms with Crippen molar-refractivity contribution in [3.05, 3.63) is 28.2 Å². The molecule has 2 fully saturated rings. The Bertz CT molecular complexity index is 1210. The van der Waals surface area contributed by atoms with Gasteiger partial charge in [-0.05, 0) is 50.7 Å². The van der Waals surface area contributed by atoms with Gasteiger partial charge in [-0.2, -0.15) is 8.42 Å². The topological polar surface area (TPSA) is 131 Å². The molecule has 0 spiro atoms. The van der Waals surface area contributed by atoms with Crippen molar-refractivity contribution in [2.24, 2.45) is 5.92 Å². The number of benzene rings is 1. The lowest BCUT2D eigenvalue weighted by molar-refractivity contribution is -0.124. The molecule has 36 heavy (non-hydrogen) atoms. The molecule has 1 saturated heterocycles. The maximum atomic E-state index is 12.7. The maximum Gasteiger partial charge on any atom is 0.293 e. The number of sulfonamides is 1. The second-order valence-corrected chi connectivity index (χ2v) is 12.6. The lowest BCUT2D eigenvalue weighted by Crippen LogP contribution is -2.46. The summed E-state index contributed by atoms with van der Waals surface area (Å²) in [6.07, 6.45) is 4.75. The summed E-state index contributed by atoms with van der Waals surface area (Å²) in [5, 5.41) is 10.6. The van der Waals surface area contributed by atoms with Gasteiger partial charge in [0.05, 0.1) is 10.0 Å². The summed E-state index contributed by atoms with van der Waals surface area (Å²) in [6, 6.07) is 5.64. The maximum absolute atomic E-state index is 12.7. The van der Waals surface area contributed by atoms with Crippen LogP contribution in [0.2, 0.25) is 10.0 Å². The molecule has 2 N–H and O–H groups in total. The van der Waals surface area contributed by atoms with E-state index in [1.54, 1.807) is 12.1 Å². The van der Waals surface area contributed by atoms with Gasteiger partial charge in [-0.25, -0.2) is 4.72 Å². The molecule has 2 aliphatic rings. The normalized spacial score (nSPS) is 21.6. The van der Waals surface area contributed by atoms with Crippen LogP contribution < -0.4 is 14.8 Å². The molecule has 1 aliphatic heterocycles. The third-order valence-corrected chi connectivity index (χ3v) is 9.70. The number of nitrogens with zero attached hydrogens (tertiary/aromatic N) is 3. The highest BCUT2D eigenvalue weighted by Crippen LogP contribution is 2.32. The number of piperidine rings is 1. The van der Waals surface area contributed by atoms with Gasteiger partial charge in [0.2, 0.25) is 16.9 Å². The van der Waals surface area contributed by atoms with Gasteiger partial charge in [0.25, 0.3) is 14.4 Å². The first-order chi connectivity index (χ1) is 17.1. The Kier molecular flexibility index (Phi) is 8.71. The zero-order chi connectivity index (χ0) is 25.9. The van der Waals surface area contributed by atoms with Crippen LogP contribution in [0.5, 0.6) is 5.75 Å². The second-order valence-electron chi connectivity index (χ2n) is 8.96. The molecule has 10 nitrogen and oxygen atoms in total. The van der Waals surface area contributed by atoms with Gasteiger partial charge in [0, 0.05) is 38.0 Å². The predicted molar refractivity (Wildman–Crippen MR) is 137 cm³/mol. The summed E-state index contributed by atoms with van der Waals surface area (Å²) in [5.74, 6) is -0.587. The summed E-state index contributed by atoms with van der Waals surface area (Å²) in [4.78, 5) is 26.2. The van der Waals surface area contributed by atoms with Crippen molar-refractivity contribution in [2.45, 2.75) is 61.9 Å². The van der Waals surface area contributed by atoms with Crippen molar-refractivity contribution >= 4 is 61.5 Å². The van der Waals surface area contributed by atoms with Gasteiger partial charge < -0.3 is 15.0 Å². The number of ether oxygens (including phenoxy) is 1. The number of halogens is 2. The van der Waals surface area contributed by atoms with Crippen LogP contribution in [0.4, 0.5) is 5.13 Å². The lowest BCUT2D eigenvalue weighted by Gasteiger charge is -2.40. The van der Waals surface area contributed by atoms with E-state index in [-0.39, 0.29) is 27.4 Å². The Morgan fingerprint density at radius 1 is 1.06 bits per heavy atom. The van der Waals surface area contributed by atoms with E-state index in [0.717, 1.165) is 38.8 Å². The van der Waals surface area contributed by atoms with Crippen LogP contribution in [-0.4, -0.2) is 60.6 Å². The molecule has 1 saturated carbocycles. The van der Waals surface area contributed by atoms with Crippen LogP contribution in [0.15, 0.2) is 22.5 Å². The number of rotatable bonds is 7. The van der Waals surface area contributed by atoms with E-state index < -0.39 is 15.9 Å². The first kappa shape index (κ1) is 27.1. The molecule has 2 aromatic rings. The van der Waals surface area contributed by atoms with E-state index >= 15 is 0 Å². The minimum Gasteiger partial charge on any atom is -0.490 e. The third-order valence-electron chi connectivity index (χ3n) is 6.41. The summed E-state index contributed by atoms with van der Waals surface area (Å²) in [5.41, 5.74) is 0. The Labute approximate surface area is 223 Å². The van der Waals surface area contributed by atoms with Crippen LogP contribution in [-0.2, 0) is 19.6 Å². The van der Waals surface area contributed by atoms with Crippen molar-refractivity contribution in [3.8, 4) is 5.75 Å². The molecule has 0 unspecified atom stereocenters. The minimum absolute atomic E-state index is 0.0574. The number of carbonyl (C=O) groups excluding carboxylic acids is 2. The van der Waals surface area contributed by atoms with E-state index in [9.17, 15) is 18.0 Å². The Balaban J connectivity index is 1.22. The number of likely N-dealkylation sites (tertiary alicyclic amines) is 1.